The smallest absolute Gasteiger partial charge is 0.345 e. The Kier molecular flexibility index (Phi) is 13.5. The van der Waals surface area contributed by atoms with Gasteiger partial charge in [-0.15, -0.1) is 0 Å². The lowest BCUT2D eigenvalue weighted by Crippen LogP contribution is -2.06. The minimum Gasteiger partial charge on any atom is -0.478 e. The van der Waals surface area contributed by atoms with Crippen molar-refractivity contribution in [2.75, 3.05) is 13.2 Å². The summed E-state index contributed by atoms with van der Waals surface area (Å²) < 4.78 is 16.5. The maximum absolute atomic E-state index is 12.9. The second-order valence-electron chi connectivity index (χ2n) is 10.3. The van der Waals surface area contributed by atoms with Crippen LogP contribution in [0.3, 0.4) is 0 Å². The first-order chi connectivity index (χ1) is 19.5. The molecule has 1 aromatic carbocycles. The molecular formula is C34H45NO5. The summed E-state index contributed by atoms with van der Waals surface area (Å²) in [5, 5.41) is 0.787. The molecule has 0 unspecified atom stereocenters. The summed E-state index contributed by atoms with van der Waals surface area (Å²) >= 11 is 0. The quantitative estimate of drug-likeness (QED) is 0.0852. The van der Waals surface area contributed by atoms with Crippen LogP contribution in [0.1, 0.15) is 95.6 Å². The molecule has 2 heterocycles. The van der Waals surface area contributed by atoms with Crippen LogP contribution in [0.4, 0.5) is 0 Å². The Labute approximate surface area is 238 Å². The zero-order chi connectivity index (χ0) is 28.6. The maximum Gasteiger partial charge on any atom is 0.345 e. The Morgan fingerprint density at radius 1 is 0.875 bits per heavy atom. The van der Waals surface area contributed by atoms with E-state index in [1.54, 1.807) is 0 Å². The number of unbranched alkanes of at least 4 members (excludes halogenated alkanes) is 9. The standard InChI is InChI=1S/C34H45NO5/c1-4-7-14-17-26-18-20-29(27(5-2)24-26)30-25-28-19-21-31(35-33(28)40-34(30)37)38-22-15-12-10-8-9-11-13-16-23-39-32(36)6-3/h6,18-21,24-25H,3-5,7-17,22-23H2,1-2H3. The Morgan fingerprint density at radius 2 is 1.60 bits per heavy atom. The van der Waals surface area contributed by atoms with Gasteiger partial charge in [0.25, 0.3) is 0 Å². The van der Waals surface area contributed by atoms with Crippen molar-refractivity contribution < 1.29 is 18.7 Å². The molecule has 3 rings (SSSR count). The van der Waals surface area contributed by atoms with Crippen LogP contribution >= 0.6 is 0 Å². The number of aryl methyl sites for hydroxylation is 2. The fourth-order valence-electron chi connectivity index (χ4n) is 4.86. The predicted octanol–water partition coefficient (Wildman–Crippen LogP) is 8.38. The molecule has 0 saturated heterocycles. The van der Waals surface area contributed by atoms with Crippen LogP contribution < -0.4 is 10.4 Å². The van der Waals surface area contributed by atoms with Crippen LogP contribution in [0, 0.1) is 0 Å². The number of rotatable bonds is 19. The molecule has 0 aliphatic carbocycles. The van der Waals surface area contributed by atoms with E-state index in [1.165, 1.54) is 49.3 Å². The maximum atomic E-state index is 12.9. The Bertz CT molecular complexity index is 1280. The van der Waals surface area contributed by atoms with E-state index in [0.717, 1.165) is 62.3 Å². The van der Waals surface area contributed by atoms with Crippen molar-refractivity contribution in [3.8, 4) is 17.0 Å². The van der Waals surface area contributed by atoms with Crippen molar-refractivity contribution in [3.05, 3.63) is 70.6 Å². The van der Waals surface area contributed by atoms with Crippen LogP contribution in [0.15, 0.2) is 58.3 Å². The first-order valence-corrected chi connectivity index (χ1v) is 15.0. The molecule has 6 heteroatoms. The van der Waals surface area contributed by atoms with Crippen LogP contribution in [0.25, 0.3) is 22.2 Å². The van der Waals surface area contributed by atoms with E-state index < -0.39 is 0 Å². The molecule has 0 radical (unpaired) electrons. The van der Waals surface area contributed by atoms with E-state index in [2.05, 4.69) is 43.6 Å². The van der Waals surface area contributed by atoms with Gasteiger partial charge in [0.2, 0.25) is 11.6 Å². The van der Waals surface area contributed by atoms with Crippen molar-refractivity contribution >= 4 is 17.1 Å². The number of esters is 1. The number of pyridine rings is 1. The molecule has 6 nitrogen and oxygen atoms in total. The largest absolute Gasteiger partial charge is 0.478 e. The number of carbonyl (C=O) groups is 1. The van der Waals surface area contributed by atoms with Crippen molar-refractivity contribution in [3.63, 3.8) is 0 Å². The van der Waals surface area contributed by atoms with Gasteiger partial charge in [-0.25, -0.2) is 9.59 Å². The van der Waals surface area contributed by atoms with Gasteiger partial charge in [-0.2, -0.15) is 4.98 Å². The molecule has 0 aliphatic heterocycles. The summed E-state index contributed by atoms with van der Waals surface area (Å²) in [4.78, 5) is 28.4. The van der Waals surface area contributed by atoms with Crippen molar-refractivity contribution in [1.29, 1.82) is 0 Å². The number of benzene rings is 1. The van der Waals surface area contributed by atoms with Gasteiger partial charge in [0.1, 0.15) is 0 Å². The second kappa shape index (κ2) is 17.3. The van der Waals surface area contributed by atoms with Gasteiger partial charge in [-0.05, 0) is 60.9 Å². The highest BCUT2D eigenvalue weighted by Crippen LogP contribution is 2.27. The summed E-state index contributed by atoms with van der Waals surface area (Å²) in [5.41, 5.74) is 3.94. The minimum absolute atomic E-state index is 0.305. The van der Waals surface area contributed by atoms with Gasteiger partial charge < -0.3 is 13.9 Å². The molecule has 0 aliphatic rings. The molecule has 216 valence electrons. The van der Waals surface area contributed by atoms with Crippen molar-refractivity contribution in [2.24, 2.45) is 0 Å². The number of fused-ring (bicyclic) bond motifs is 1. The number of hydrogen-bond acceptors (Lipinski definition) is 6. The number of nitrogens with zero attached hydrogens (tertiary/aromatic N) is 1. The second-order valence-corrected chi connectivity index (χ2v) is 10.3. The third kappa shape index (κ3) is 9.96. The van der Waals surface area contributed by atoms with Gasteiger partial charge in [-0.3, -0.25) is 0 Å². The fraction of sp³-hybridized carbons (Fsp3) is 0.500. The Morgan fingerprint density at radius 3 is 2.30 bits per heavy atom. The third-order valence-corrected chi connectivity index (χ3v) is 7.18. The third-order valence-electron chi connectivity index (χ3n) is 7.18. The highest BCUT2D eigenvalue weighted by atomic mass is 16.5. The molecule has 40 heavy (non-hydrogen) atoms. The highest BCUT2D eigenvalue weighted by molar-refractivity contribution is 5.81. The molecule has 0 atom stereocenters. The van der Waals surface area contributed by atoms with Crippen molar-refractivity contribution in [1.82, 2.24) is 4.98 Å². The lowest BCUT2D eigenvalue weighted by atomic mass is 9.95. The average molecular weight is 548 g/mol. The molecule has 0 bridgehead atoms. The van der Waals surface area contributed by atoms with Gasteiger partial charge in [-0.1, -0.05) is 90.0 Å². The Hall–Kier alpha value is -3.41. The predicted molar refractivity (Wildman–Crippen MR) is 162 cm³/mol. The van der Waals surface area contributed by atoms with E-state index in [1.807, 2.05) is 18.2 Å². The molecule has 3 aromatic rings. The summed E-state index contributed by atoms with van der Waals surface area (Å²) in [6.07, 6.45) is 15.5. The average Bonchev–Trinajstić information content (AvgIpc) is 2.97. The summed E-state index contributed by atoms with van der Waals surface area (Å²) in [5.74, 6) is 0.130. The number of ether oxygens (including phenoxy) is 2. The topological polar surface area (TPSA) is 78.6 Å². The number of hydrogen-bond donors (Lipinski definition) is 0. The molecule has 0 fully saturated rings. The molecule has 0 amide bonds. The number of aromatic nitrogens is 1. The first-order valence-electron chi connectivity index (χ1n) is 15.0. The van der Waals surface area contributed by atoms with Crippen LogP contribution in [0.2, 0.25) is 0 Å². The number of carbonyl (C=O) groups excluding carboxylic acids is 1. The zero-order valence-electron chi connectivity index (χ0n) is 24.3. The fourth-order valence-corrected chi connectivity index (χ4v) is 4.86. The van der Waals surface area contributed by atoms with Gasteiger partial charge in [0.15, 0.2) is 0 Å². The van der Waals surface area contributed by atoms with Crippen LogP contribution in [-0.4, -0.2) is 24.2 Å². The lowest BCUT2D eigenvalue weighted by molar-refractivity contribution is -0.137. The summed E-state index contributed by atoms with van der Waals surface area (Å²) in [6, 6.07) is 12.1. The van der Waals surface area contributed by atoms with Crippen LogP contribution in [-0.2, 0) is 22.4 Å². The van der Waals surface area contributed by atoms with Crippen LogP contribution in [0.5, 0.6) is 5.88 Å². The van der Waals surface area contributed by atoms with Gasteiger partial charge >= 0.3 is 11.6 Å². The zero-order valence-corrected chi connectivity index (χ0v) is 24.3. The van der Waals surface area contributed by atoms with Crippen molar-refractivity contribution in [2.45, 2.75) is 97.3 Å². The van der Waals surface area contributed by atoms with Gasteiger partial charge in [0.05, 0.1) is 18.8 Å². The summed E-state index contributed by atoms with van der Waals surface area (Å²) in [7, 11) is 0. The molecule has 0 saturated carbocycles. The highest BCUT2D eigenvalue weighted by Gasteiger charge is 2.13. The minimum atomic E-state index is -0.372. The normalized spacial score (nSPS) is 11.1. The van der Waals surface area contributed by atoms with E-state index in [4.69, 9.17) is 13.9 Å². The van der Waals surface area contributed by atoms with E-state index in [0.29, 0.717) is 30.4 Å². The molecule has 0 spiro atoms. The molecule has 0 N–H and O–H groups in total. The van der Waals surface area contributed by atoms with Gasteiger partial charge in [0, 0.05) is 17.5 Å². The molecular weight excluding hydrogens is 502 g/mol. The van der Waals surface area contributed by atoms with E-state index >= 15 is 0 Å². The Balaban J connectivity index is 1.44. The molecule has 2 aromatic heterocycles. The SMILES string of the molecule is C=CC(=O)OCCCCCCCCCCOc1ccc2cc(-c3ccc(CCCCC)cc3CC)c(=O)oc2n1. The first kappa shape index (κ1) is 31.1. The monoisotopic (exact) mass is 547 g/mol. The van der Waals surface area contributed by atoms with E-state index in [9.17, 15) is 9.59 Å². The summed E-state index contributed by atoms with van der Waals surface area (Å²) in [6.45, 7) is 8.78. The lowest BCUT2D eigenvalue weighted by Gasteiger charge is -2.11. The van der Waals surface area contributed by atoms with E-state index in [-0.39, 0.29) is 11.6 Å².